The van der Waals surface area contributed by atoms with Gasteiger partial charge in [-0.05, 0) is 30.3 Å². The minimum Gasteiger partial charge on any atom is -0.324 e. The summed E-state index contributed by atoms with van der Waals surface area (Å²) in [6.07, 6.45) is -0.181. The molecule has 0 saturated heterocycles. The van der Waals surface area contributed by atoms with Gasteiger partial charge in [0.05, 0.1) is 11.3 Å². The fourth-order valence-electron chi connectivity index (χ4n) is 2.91. The fraction of sp³-hybridized carbons (Fsp3) is 0.111. The SMILES string of the molecule is O=C1CC(C(=O)Nc2cccc([N+](=O)[O-])c2)n2nc(-c3ccc(F)cc3)nc2N1. The van der Waals surface area contributed by atoms with E-state index in [1.165, 1.54) is 53.2 Å². The molecule has 2 heterocycles. The molecule has 0 bridgehead atoms. The lowest BCUT2D eigenvalue weighted by Gasteiger charge is -2.22. The molecule has 1 atom stereocenters. The van der Waals surface area contributed by atoms with Crippen molar-refractivity contribution >= 4 is 29.1 Å². The molecule has 2 N–H and O–H groups in total. The predicted octanol–water partition coefficient (Wildman–Crippen LogP) is 2.51. The summed E-state index contributed by atoms with van der Waals surface area (Å²) in [7, 11) is 0. The van der Waals surface area contributed by atoms with E-state index in [9.17, 15) is 24.1 Å². The van der Waals surface area contributed by atoms with Crippen molar-refractivity contribution in [1.82, 2.24) is 14.8 Å². The molecule has 1 unspecified atom stereocenters. The molecular weight excluding hydrogens is 383 g/mol. The van der Waals surface area contributed by atoms with Crippen LogP contribution in [0.3, 0.4) is 0 Å². The van der Waals surface area contributed by atoms with Gasteiger partial charge < -0.3 is 5.32 Å². The number of non-ortho nitro benzene ring substituents is 1. The Balaban J connectivity index is 1.63. The quantitative estimate of drug-likeness (QED) is 0.514. The molecule has 3 aromatic rings. The molecule has 2 amide bonds. The number of halogens is 1. The first-order valence-corrected chi connectivity index (χ1v) is 8.48. The predicted molar refractivity (Wildman–Crippen MR) is 99.4 cm³/mol. The van der Waals surface area contributed by atoms with E-state index in [1.54, 1.807) is 0 Å². The highest BCUT2D eigenvalue weighted by Crippen LogP contribution is 2.28. The zero-order valence-electron chi connectivity index (χ0n) is 14.7. The Bertz CT molecular complexity index is 1130. The lowest BCUT2D eigenvalue weighted by Crippen LogP contribution is -2.36. The molecule has 1 aliphatic rings. The summed E-state index contributed by atoms with van der Waals surface area (Å²) in [5.74, 6) is -1.11. The number of rotatable bonds is 4. The molecule has 1 aromatic heterocycles. The second-order valence-corrected chi connectivity index (χ2v) is 6.28. The van der Waals surface area contributed by atoms with Crippen LogP contribution in [-0.2, 0) is 9.59 Å². The molecular formula is C18H13FN6O4. The van der Waals surface area contributed by atoms with Crippen LogP contribution in [0.15, 0.2) is 48.5 Å². The van der Waals surface area contributed by atoms with E-state index in [-0.39, 0.29) is 29.6 Å². The summed E-state index contributed by atoms with van der Waals surface area (Å²) >= 11 is 0. The number of fused-ring (bicyclic) bond motifs is 1. The van der Waals surface area contributed by atoms with Gasteiger partial charge >= 0.3 is 0 Å². The van der Waals surface area contributed by atoms with Crippen molar-refractivity contribution in [1.29, 1.82) is 0 Å². The number of nitro benzene ring substituents is 1. The van der Waals surface area contributed by atoms with Gasteiger partial charge in [-0.2, -0.15) is 4.98 Å². The maximum absolute atomic E-state index is 13.1. The summed E-state index contributed by atoms with van der Waals surface area (Å²) in [5, 5.41) is 20.3. The van der Waals surface area contributed by atoms with Gasteiger partial charge in [-0.15, -0.1) is 5.10 Å². The second-order valence-electron chi connectivity index (χ2n) is 6.28. The topological polar surface area (TPSA) is 132 Å². The van der Waals surface area contributed by atoms with E-state index < -0.39 is 28.6 Å². The van der Waals surface area contributed by atoms with Crippen LogP contribution in [0.2, 0.25) is 0 Å². The summed E-state index contributed by atoms with van der Waals surface area (Å²) < 4.78 is 14.4. The van der Waals surface area contributed by atoms with Gasteiger partial charge in [0, 0.05) is 23.4 Å². The van der Waals surface area contributed by atoms with E-state index in [2.05, 4.69) is 20.7 Å². The summed E-state index contributed by atoms with van der Waals surface area (Å²) in [4.78, 5) is 39.3. The smallest absolute Gasteiger partial charge is 0.271 e. The molecule has 0 radical (unpaired) electrons. The molecule has 2 aromatic carbocycles. The van der Waals surface area contributed by atoms with Crippen molar-refractivity contribution in [3.05, 3.63) is 64.5 Å². The van der Waals surface area contributed by atoms with E-state index in [1.807, 2.05) is 0 Å². The number of benzene rings is 2. The van der Waals surface area contributed by atoms with E-state index in [0.29, 0.717) is 5.56 Å². The van der Waals surface area contributed by atoms with E-state index in [4.69, 9.17) is 0 Å². The number of amides is 2. The number of nitro groups is 1. The third kappa shape index (κ3) is 3.65. The average Bonchev–Trinajstić information content (AvgIpc) is 3.11. The second kappa shape index (κ2) is 7.11. The molecule has 146 valence electrons. The number of carbonyl (C=O) groups excluding carboxylic acids is 2. The number of nitrogens with one attached hydrogen (secondary N) is 2. The van der Waals surface area contributed by atoms with Crippen molar-refractivity contribution < 1.29 is 18.9 Å². The van der Waals surface area contributed by atoms with Gasteiger partial charge in [-0.25, -0.2) is 9.07 Å². The molecule has 0 aliphatic carbocycles. The first-order valence-electron chi connectivity index (χ1n) is 8.48. The molecule has 0 fully saturated rings. The van der Waals surface area contributed by atoms with Crippen molar-refractivity contribution in [3.63, 3.8) is 0 Å². The van der Waals surface area contributed by atoms with Gasteiger partial charge in [0.1, 0.15) is 11.9 Å². The fourth-order valence-corrected chi connectivity index (χ4v) is 2.91. The minimum absolute atomic E-state index is 0.0831. The van der Waals surface area contributed by atoms with Crippen molar-refractivity contribution in [2.45, 2.75) is 12.5 Å². The molecule has 1 aliphatic heterocycles. The lowest BCUT2D eigenvalue weighted by molar-refractivity contribution is -0.384. The standard InChI is InChI=1S/C18H13FN6O4/c19-11-6-4-10(5-7-11)16-22-18-21-15(26)9-14(24(18)23-16)17(27)20-12-2-1-3-13(8-12)25(28)29/h1-8,14H,9H2,(H,20,27)(H,21,22,23,26). The monoisotopic (exact) mass is 396 g/mol. The van der Waals surface area contributed by atoms with Crippen LogP contribution < -0.4 is 10.6 Å². The summed E-state index contributed by atoms with van der Waals surface area (Å²) in [6, 6.07) is 9.92. The van der Waals surface area contributed by atoms with Gasteiger partial charge in [0.15, 0.2) is 5.82 Å². The number of hydrogen-bond acceptors (Lipinski definition) is 6. The maximum Gasteiger partial charge on any atom is 0.271 e. The largest absolute Gasteiger partial charge is 0.324 e. The Labute approximate surface area is 162 Å². The average molecular weight is 396 g/mol. The Morgan fingerprint density at radius 3 is 2.76 bits per heavy atom. The Hall–Kier alpha value is -4.15. The van der Waals surface area contributed by atoms with Crippen molar-refractivity contribution in [2.24, 2.45) is 0 Å². The number of carbonyl (C=O) groups is 2. The molecule has 11 heteroatoms. The van der Waals surface area contributed by atoms with Crippen LogP contribution in [0.1, 0.15) is 12.5 Å². The first-order chi connectivity index (χ1) is 13.9. The number of aromatic nitrogens is 3. The Morgan fingerprint density at radius 2 is 2.03 bits per heavy atom. The van der Waals surface area contributed by atoms with Crippen LogP contribution in [-0.4, -0.2) is 31.5 Å². The van der Waals surface area contributed by atoms with Crippen LogP contribution in [0.5, 0.6) is 0 Å². The van der Waals surface area contributed by atoms with Crippen LogP contribution >= 0.6 is 0 Å². The third-order valence-corrected chi connectivity index (χ3v) is 4.29. The highest BCUT2D eigenvalue weighted by atomic mass is 19.1. The maximum atomic E-state index is 13.1. The van der Waals surface area contributed by atoms with E-state index >= 15 is 0 Å². The van der Waals surface area contributed by atoms with Crippen molar-refractivity contribution in [3.8, 4) is 11.4 Å². The zero-order valence-corrected chi connectivity index (χ0v) is 14.7. The van der Waals surface area contributed by atoms with Crippen LogP contribution in [0.4, 0.5) is 21.7 Å². The van der Waals surface area contributed by atoms with Gasteiger partial charge in [-0.1, -0.05) is 6.07 Å². The van der Waals surface area contributed by atoms with Crippen LogP contribution in [0.25, 0.3) is 11.4 Å². The summed E-state index contributed by atoms with van der Waals surface area (Å²) in [6.45, 7) is 0. The summed E-state index contributed by atoms with van der Waals surface area (Å²) in [5.41, 5.74) is 0.556. The zero-order chi connectivity index (χ0) is 20.5. The van der Waals surface area contributed by atoms with Gasteiger partial charge in [-0.3, -0.25) is 25.0 Å². The molecule has 4 rings (SSSR count). The third-order valence-electron chi connectivity index (χ3n) is 4.29. The molecule has 0 saturated carbocycles. The number of anilines is 2. The molecule has 29 heavy (non-hydrogen) atoms. The van der Waals surface area contributed by atoms with Crippen LogP contribution in [0, 0.1) is 15.9 Å². The van der Waals surface area contributed by atoms with Gasteiger partial charge in [0.25, 0.3) is 5.69 Å². The molecule has 0 spiro atoms. The van der Waals surface area contributed by atoms with Gasteiger partial charge in [0.2, 0.25) is 17.8 Å². The minimum atomic E-state index is -1.00. The number of hydrogen-bond donors (Lipinski definition) is 2. The highest BCUT2D eigenvalue weighted by molar-refractivity contribution is 6.01. The normalized spacial score (nSPS) is 15.3. The Kier molecular flexibility index (Phi) is 4.47. The molecule has 10 nitrogen and oxygen atoms in total. The van der Waals surface area contributed by atoms with E-state index in [0.717, 1.165) is 0 Å². The van der Waals surface area contributed by atoms with Crippen molar-refractivity contribution in [2.75, 3.05) is 10.6 Å². The number of nitrogens with zero attached hydrogens (tertiary/aromatic N) is 4. The lowest BCUT2D eigenvalue weighted by atomic mass is 10.1. The first kappa shape index (κ1) is 18.2. The Morgan fingerprint density at radius 1 is 1.28 bits per heavy atom. The highest BCUT2D eigenvalue weighted by Gasteiger charge is 2.33.